The molecule has 0 aliphatic carbocycles. The molecule has 0 saturated heterocycles. The fourth-order valence-corrected chi connectivity index (χ4v) is 1.41. The lowest BCUT2D eigenvalue weighted by Crippen LogP contribution is -2.48. The average Bonchev–Trinajstić information content (AvgIpc) is 2.03. The third-order valence-corrected chi connectivity index (χ3v) is 2.06. The molecule has 0 aliphatic heterocycles. The number of carbonyl (C=O) groups excluding carboxylic acids is 1. The Hall–Kier alpha value is -0.660. The molecule has 5 heteroatoms. The maximum atomic E-state index is 11.3. The van der Waals surface area contributed by atoms with Crippen molar-refractivity contribution in [2.45, 2.75) is 6.29 Å². The summed E-state index contributed by atoms with van der Waals surface area (Å²) in [5.74, 6) is -0.256. The van der Waals surface area contributed by atoms with E-state index in [4.69, 9.17) is 11.5 Å². The Morgan fingerprint density at radius 1 is 1.46 bits per heavy atom. The molecule has 0 aliphatic rings. The lowest BCUT2D eigenvalue weighted by atomic mass is 10.2. The van der Waals surface area contributed by atoms with E-state index in [0.29, 0.717) is 5.56 Å². The van der Waals surface area contributed by atoms with E-state index < -0.39 is 6.29 Å². The van der Waals surface area contributed by atoms with Gasteiger partial charge in [0.25, 0.3) is 5.91 Å². The van der Waals surface area contributed by atoms with Crippen LogP contribution in [0.5, 0.6) is 0 Å². The fourth-order valence-electron chi connectivity index (χ4n) is 0.864. The number of rotatable bonds is 2. The van der Waals surface area contributed by atoms with E-state index in [0.717, 1.165) is 3.57 Å². The van der Waals surface area contributed by atoms with Crippen molar-refractivity contribution in [1.29, 1.82) is 0 Å². The van der Waals surface area contributed by atoms with Crippen LogP contribution in [-0.2, 0) is 0 Å². The van der Waals surface area contributed by atoms with Crippen LogP contribution >= 0.6 is 22.6 Å². The smallest absolute Gasteiger partial charge is 0.253 e. The Morgan fingerprint density at radius 3 is 2.69 bits per heavy atom. The van der Waals surface area contributed by atoms with E-state index >= 15 is 0 Å². The highest BCUT2D eigenvalue weighted by Gasteiger charge is 2.06. The Kier molecular flexibility index (Phi) is 3.64. The normalized spacial score (nSPS) is 10.2. The highest BCUT2D eigenvalue weighted by Crippen LogP contribution is 2.07. The molecule has 0 bridgehead atoms. The molecule has 4 nitrogen and oxygen atoms in total. The van der Waals surface area contributed by atoms with Gasteiger partial charge in [0.15, 0.2) is 0 Å². The summed E-state index contributed by atoms with van der Waals surface area (Å²) in [6.07, 6.45) is -0.814. The summed E-state index contributed by atoms with van der Waals surface area (Å²) in [5, 5.41) is 2.40. The lowest BCUT2D eigenvalue weighted by molar-refractivity contribution is 0.0939. The van der Waals surface area contributed by atoms with Crippen molar-refractivity contribution in [3.63, 3.8) is 0 Å². The van der Waals surface area contributed by atoms with Crippen molar-refractivity contribution >= 4 is 28.5 Å². The molecule has 0 aromatic heterocycles. The molecule has 0 radical (unpaired) electrons. The van der Waals surface area contributed by atoms with Gasteiger partial charge in [-0.05, 0) is 40.8 Å². The van der Waals surface area contributed by atoms with Crippen molar-refractivity contribution in [1.82, 2.24) is 5.32 Å². The van der Waals surface area contributed by atoms with E-state index in [1.165, 1.54) is 0 Å². The van der Waals surface area contributed by atoms with Crippen molar-refractivity contribution in [2.75, 3.05) is 0 Å². The van der Waals surface area contributed by atoms with Crippen molar-refractivity contribution in [3.8, 4) is 0 Å². The first-order valence-electron chi connectivity index (χ1n) is 3.67. The SMILES string of the molecule is NC(N)NC(=O)c1cccc([127I])c1. The van der Waals surface area contributed by atoms with Crippen molar-refractivity contribution in [3.05, 3.63) is 33.4 Å². The second-order valence-electron chi connectivity index (χ2n) is 2.51. The number of amides is 1. The summed E-state index contributed by atoms with van der Waals surface area (Å²) >= 11 is 2.13. The van der Waals surface area contributed by atoms with Crippen LogP contribution in [0.15, 0.2) is 24.3 Å². The molecule has 0 saturated carbocycles. The molecule has 1 rings (SSSR count). The van der Waals surface area contributed by atoms with Gasteiger partial charge >= 0.3 is 0 Å². The summed E-state index contributed by atoms with van der Waals surface area (Å²) < 4.78 is 0.996. The number of carbonyl (C=O) groups is 1. The highest BCUT2D eigenvalue weighted by molar-refractivity contribution is 14.1. The highest BCUT2D eigenvalue weighted by atomic mass is 127. The first-order valence-corrected chi connectivity index (χ1v) is 4.75. The van der Waals surface area contributed by atoms with Gasteiger partial charge < -0.3 is 5.32 Å². The summed E-state index contributed by atoms with van der Waals surface area (Å²) in [6, 6.07) is 7.18. The van der Waals surface area contributed by atoms with Gasteiger partial charge in [-0.3, -0.25) is 16.3 Å². The van der Waals surface area contributed by atoms with Crippen LogP contribution in [0.4, 0.5) is 0 Å². The average molecular weight is 291 g/mol. The van der Waals surface area contributed by atoms with Gasteiger partial charge in [0.05, 0.1) is 0 Å². The van der Waals surface area contributed by atoms with Crippen LogP contribution < -0.4 is 16.8 Å². The summed E-state index contributed by atoms with van der Waals surface area (Å²) in [7, 11) is 0. The number of hydrogen-bond donors (Lipinski definition) is 3. The number of nitrogens with two attached hydrogens (primary N) is 2. The molecular formula is C8H10IN3O. The van der Waals surface area contributed by atoms with Crippen LogP contribution in [0.25, 0.3) is 0 Å². The maximum Gasteiger partial charge on any atom is 0.253 e. The minimum absolute atomic E-state index is 0.256. The summed E-state index contributed by atoms with van der Waals surface area (Å²) in [4.78, 5) is 11.3. The standard InChI is InChI=1S/C8H10IN3O/c9-6-3-1-2-5(4-6)7(13)12-8(10)11/h1-4,8H,10-11H2,(H,12,13)/i9+0. The summed E-state index contributed by atoms with van der Waals surface area (Å²) in [5.41, 5.74) is 11.0. The van der Waals surface area contributed by atoms with E-state index in [2.05, 4.69) is 27.9 Å². The first kappa shape index (κ1) is 10.4. The zero-order valence-electron chi connectivity index (χ0n) is 6.83. The Bertz CT molecular complexity index is 314. The van der Waals surface area contributed by atoms with Crippen LogP contribution in [0, 0.1) is 3.57 Å². The van der Waals surface area contributed by atoms with Crippen LogP contribution in [0.2, 0.25) is 0 Å². The van der Waals surface area contributed by atoms with E-state index in [1.54, 1.807) is 18.2 Å². The van der Waals surface area contributed by atoms with E-state index in [1.807, 2.05) is 6.07 Å². The minimum Gasteiger partial charge on any atom is -0.324 e. The third-order valence-electron chi connectivity index (χ3n) is 1.38. The first-order chi connectivity index (χ1) is 6.09. The monoisotopic (exact) mass is 291 g/mol. The zero-order valence-corrected chi connectivity index (χ0v) is 8.99. The maximum absolute atomic E-state index is 11.3. The second-order valence-corrected chi connectivity index (χ2v) is 3.76. The Balaban J connectivity index is 2.77. The molecule has 0 unspecified atom stereocenters. The van der Waals surface area contributed by atoms with Crippen LogP contribution in [0.3, 0.4) is 0 Å². The molecule has 1 aromatic carbocycles. The van der Waals surface area contributed by atoms with Gasteiger partial charge in [-0.25, -0.2) is 0 Å². The summed E-state index contributed by atoms with van der Waals surface area (Å²) in [6.45, 7) is 0. The number of halogens is 1. The molecule has 0 spiro atoms. The van der Waals surface area contributed by atoms with Gasteiger partial charge in [-0.15, -0.1) is 0 Å². The molecule has 1 amide bonds. The van der Waals surface area contributed by atoms with Crippen LogP contribution in [-0.4, -0.2) is 12.2 Å². The number of hydrogen-bond acceptors (Lipinski definition) is 3. The molecule has 5 N–H and O–H groups in total. The largest absolute Gasteiger partial charge is 0.324 e. The lowest BCUT2D eigenvalue weighted by Gasteiger charge is -2.07. The fraction of sp³-hybridized carbons (Fsp3) is 0.125. The molecule has 0 atom stereocenters. The van der Waals surface area contributed by atoms with Gasteiger partial charge in [-0.1, -0.05) is 6.07 Å². The predicted octanol–water partition coefficient (Wildman–Crippen LogP) is 0.222. The molecule has 13 heavy (non-hydrogen) atoms. The molecule has 1 aromatic rings. The Morgan fingerprint density at radius 2 is 2.15 bits per heavy atom. The van der Waals surface area contributed by atoms with E-state index in [-0.39, 0.29) is 5.91 Å². The predicted molar refractivity (Wildman–Crippen MR) is 58.8 cm³/mol. The third kappa shape index (κ3) is 3.29. The van der Waals surface area contributed by atoms with E-state index in [9.17, 15) is 4.79 Å². The molecule has 0 heterocycles. The molecular weight excluding hydrogens is 281 g/mol. The zero-order chi connectivity index (χ0) is 9.84. The van der Waals surface area contributed by atoms with Crippen molar-refractivity contribution in [2.24, 2.45) is 11.5 Å². The quantitative estimate of drug-likeness (QED) is 0.538. The van der Waals surface area contributed by atoms with Gasteiger partial charge in [0.1, 0.15) is 6.29 Å². The van der Waals surface area contributed by atoms with Gasteiger partial charge in [-0.2, -0.15) is 0 Å². The molecule has 70 valence electrons. The Labute approximate surface area is 89.8 Å². The van der Waals surface area contributed by atoms with Crippen molar-refractivity contribution < 1.29 is 4.79 Å². The molecule has 0 fully saturated rings. The van der Waals surface area contributed by atoms with Gasteiger partial charge in [0.2, 0.25) is 0 Å². The minimum atomic E-state index is -0.814. The number of benzene rings is 1. The number of nitrogens with one attached hydrogen (secondary N) is 1. The topological polar surface area (TPSA) is 81.1 Å². The van der Waals surface area contributed by atoms with Gasteiger partial charge in [0, 0.05) is 9.13 Å². The second kappa shape index (κ2) is 4.54. The van der Waals surface area contributed by atoms with Crippen LogP contribution in [0.1, 0.15) is 10.4 Å².